The summed E-state index contributed by atoms with van der Waals surface area (Å²) in [7, 11) is 0. The largest absolute Gasteiger partial charge is 0.508 e. The lowest BCUT2D eigenvalue weighted by Crippen LogP contribution is -1.83. The Labute approximate surface area is 104 Å². The van der Waals surface area contributed by atoms with E-state index in [0.717, 1.165) is 17.7 Å². The van der Waals surface area contributed by atoms with Crippen LogP contribution in [0, 0.1) is 0 Å². The van der Waals surface area contributed by atoms with E-state index in [-0.39, 0.29) is 10.9 Å². The van der Waals surface area contributed by atoms with Crippen LogP contribution in [0.25, 0.3) is 6.08 Å². The third-order valence-corrected chi connectivity index (χ3v) is 3.04. The van der Waals surface area contributed by atoms with Crippen molar-refractivity contribution in [3.05, 3.63) is 34.9 Å². The maximum absolute atomic E-state index is 10.7. The van der Waals surface area contributed by atoms with Gasteiger partial charge in [0.15, 0.2) is 5.12 Å². The highest BCUT2D eigenvalue weighted by Crippen LogP contribution is 2.22. The van der Waals surface area contributed by atoms with E-state index in [1.54, 1.807) is 19.1 Å². The summed E-state index contributed by atoms with van der Waals surface area (Å²) >= 11 is 7.23. The zero-order valence-corrected chi connectivity index (χ0v) is 10.5. The predicted octanol–water partition coefficient (Wildman–Crippen LogP) is 3.73. The Morgan fingerprint density at radius 3 is 2.94 bits per heavy atom. The first kappa shape index (κ1) is 13.1. The summed E-state index contributed by atoms with van der Waals surface area (Å²) in [6.07, 6.45) is 4.68. The number of rotatable bonds is 4. The van der Waals surface area contributed by atoms with Crippen molar-refractivity contribution in [2.24, 2.45) is 0 Å². The first-order chi connectivity index (χ1) is 7.59. The molecule has 0 heterocycles. The number of hydrogen-bond acceptors (Lipinski definition) is 3. The lowest BCUT2D eigenvalue weighted by atomic mass is 10.2. The zero-order valence-electron chi connectivity index (χ0n) is 8.94. The molecule has 0 fully saturated rings. The van der Waals surface area contributed by atoms with Gasteiger partial charge in [0, 0.05) is 12.7 Å². The van der Waals surface area contributed by atoms with Crippen molar-refractivity contribution < 1.29 is 9.90 Å². The summed E-state index contributed by atoms with van der Waals surface area (Å²) in [5, 5.41) is 9.82. The molecule has 86 valence electrons. The smallest absolute Gasteiger partial charge is 0.185 e. The lowest BCUT2D eigenvalue weighted by Gasteiger charge is -1.98. The fourth-order valence-corrected chi connectivity index (χ4v) is 1.91. The van der Waals surface area contributed by atoms with Crippen molar-refractivity contribution in [3.63, 3.8) is 0 Å². The molecule has 0 aliphatic rings. The molecule has 0 radical (unpaired) electrons. The van der Waals surface area contributed by atoms with Gasteiger partial charge in [0.2, 0.25) is 0 Å². The number of carbonyl (C=O) groups excluding carboxylic acids is 1. The lowest BCUT2D eigenvalue weighted by molar-refractivity contribution is -0.109. The summed E-state index contributed by atoms with van der Waals surface area (Å²) < 4.78 is 0. The average Bonchev–Trinajstić information content (AvgIpc) is 2.20. The Kier molecular flexibility index (Phi) is 5.43. The molecule has 1 aromatic carbocycles. The molecule has 0 atom stereocenters. The van der Waals surface area contributed by atoms with Crippen molar-refractivity contribution in [1.29, 1.82) is 0 Å². The van der Waals surface area contributed by atoms with Crippen LogP contribution in [-0.2, 0) is 4.79 Å². The quantitative estimate of drug-likeness (QED) is 0.834. The van der Waals surface area contributed by atoms with Crippen molar-refractivity contribution in [2.45, 2.75) is 13.3 Å². The first-order valence-corrected chi connectivity index (χ1v) is 6.24. The number of phenolic OH excluding ortho intramolecular Hbond substituents is 1. The molecule has 0 unspecified atom stereocenters. The van der Waals surface area contributed by atoms with Gasteiger partial charge in [0.25, 0.3) is 0 Å². The van der Waals surface area contributed by atoms with Gasteiger partial charge in [-0.25, -0.2) is 0 Å². The van der Waals surface area contributed by atoms with Crippen molar-refractivity contribution in [2.75, 3.05) is 5.75 Å². The molecule has 0 aromatic heterocycles. The molecule has 0 saturated carbocycles. The van der Waals surface area contributed by atoms with Gasteiger partial charge in [0.1, 0.15) is 5.75 Å². The standard InChI is InChI=1S/C12H13ClO2S/c1-9(14)16-7-3-2-4-10-5-6-11(15)8-12(10)13/h2,4-6,8,15H,3,7H2,1H3. The van der Waals surface area contributed by atoms with Crippen LogP contribution in [-0.4, -0.2) is 16.0 Å². The van der Waals surface area contributed by atoms with E-state index in [4.69, 9.17) is 16.7 Å². The van der Waals surface area contributed by atoms with Crippen LogP contribution in [0.15, 0.2) is 24.3 Å². The first-order valence-electron chi connectivity index (χ1n) is 4.88. The molecular formula is C12H13ClO2S. The number of halogens is 1. The Bertz CT molecular complexity index is 402. The molecule has 1 aromatic rings. The number of benzene rings is 1. The summed E-state index contributed by atoms with van der Waals surface area (Å²) in [5.41, 5.74) is 0.868. The molecule has 0 aliphatic carbocycles. The summed E-state index contributed by atoms with van der Waals surface area (Å²) in [6.45, 7) is 1.56. The van der Waals surface area contributed by atoms with E-state index >= 15 is 0 Å². The van der Waals surface area contributed by atoms with E-state index in [2.05, 4.69) is 0 Å². The highest BCUT2D eigenvalue weighted by molar-refractivity contribution is 8.13. The normalized spacial score (nSPS) is 10.9. The van der Waals surface area contributed by atoms with Gasteiger partial charge >= 0.3 is 0 Å². The predicted molar refractivity (Wildman–Crippen MR) is 69.9 cm³/mol. The van der Waals surface area contributed by atoms with Gasteiger partial charge in [-0.15, -0.1) is 0 Å². The number of hydrogen-bond donors (Lipinski definition) is 1. The minimum absolute atomic E-state index is 0.135. The fraction of sp³-hybridized carbons (Fsp3) is 0.250. The highest BCUT2D eigenvalue weighted by Gasteiger charge is 1.97. The molecule has 1 rings (SSSR count). The van der Waals surface area contributed by atoms with Crippen LogP contribution >= 0.6 is 23.4 Å². The topological polar surface area (TPSA) is 37.3 Å². The summed E-state index contributed by atoms with van der Waals surface area (Å²) in [6, 6.07) is 4.85. The minimum Gasteiger partial charge on any atom is -0.508 e. The van der Waals surface area contributed by atoms with Crippen LogP contribution in [0.3, 0.4) is 0 Å². The number of allylic oxidation sites excluding steroid dienone is 1. The summed E-state index contributed by atoms with van der Waals surface area (Å²) in [4.78, 5) is 10.7. The molecule has 0 amide bonds. The molecule has 0 bridgehead atoms. The maximum atomic E-state index is 10.7. The monoisotopic (exact) mass is 256 g/mol. The Morgan fingerprint density at radius 2 is 2.31 bits per heavy atom. The summed E-state index contributed by atoms with van der Waals surface area (Å²) in [5.74, 6) is 0.941. The number of thioether (sulfide) groups is 1. The van der Waals surface area contributed by atoms with E-state index in [9.17, 15) is 4.79 Å². The van der Waals surface area contributed by atoms with Gasteiger partial charge in [-0.1, -0.05) is 35.5 Å². The van der Waals surface area contributed by atoms with Gasteiger partial charge in [-0.3, -0.25) is 4.79 Å². The molecular weight excluding hydrogens is 244 g/mol. The number of aromatic hydroxyl groups is 1. The van der Waals surface area contributed by atoms with Crippen LogP contribution in [0.4, 0.5) is 0 Å². The third-order valence-electron chi connectivity index (χ3n) is 1.87. The van der Waals surface area contributed by atoms with Crippen molar-refractivity contribution in [1.82, 2.24) is 0 Å². The molecule has 1 N–H and O–H groups in total. The third kappa shape index (κ3) is 4.73. The molecule has 16 heavy (non-hydrogen) atoms. The second-order valence-electron chi connectivity index (χ2n) is 3.24. The van der Waals surface area contributed by atoms with Crippen LogP contribution in [0.2, 0.25) is 5.02 Å². The second-order valence-corrected chi connectivity index (χ2v) is 4.92. The maximum Gasteiger partial charge on any atom is 0.185 e. The van der Waals surface area contributed by atoms with Gasteiger partial charge in [0.05, 0.1) is 5.02 Å². The minimum atomic E-state index is 0.135. The van der Waals surface area contributed by atoms with Crippen LogP contribution < -0.4 is 0 Å². The van der Waals surface area contributed by atoms with E-state index in [1.807, 2.05) is 12.2 Å². The van der Waals surface area contributed by atoms with Gasteiger partial charge in [-0.05, 0) is 30.2 Å². The molecule has 2 nitrogen and oxygen atoms in total. The zero-order chi connectivity index (χ0) is 12.0. The fourth-order valence-electron chi connectivity index (χ4n) is 1.13. The van der Waals surface area contributed by atoms with Crippen LogP contribution in [0.1, 0.15) is 18.9 Å². The van der Waals surface area contributed by atoms with E-state index < -0.39 is 0 Å². The Morgan fingerprint density at radius 1 is 1.56 bits per heavy atom. The Hall–Kier alpha value is -0.930. The average molecular weight is 257 g/mol. The van der Waals surface area contributed by atoms with Crippen molar-refractivity contribution in [3.8, 4) is 5.75 Å². The SMILES string of the molecule is CC(=O)SCCC=Cc1ccc(O)cc1Cl. The molecule has 0 saturated heterocycles. The van der Waals surface area contributed by atoms with E-state index in [1.165, 1.54) is 17.8 Å². The van der Waals surface area contributed by atoms with Gasteiger partial charge in [-0.2, -0.15) is 0 Å². The second kappa shape index (κ2) is 6.61. The number of phenols is 1. The Balaban J connectivity index is 2.47. The molecule has 0 aliphatic heterocycles. The van der Waals surface area contributed by atoms with Gasteiger partial charge < -0.3 is 5.11 Å². The molecule has 4 heteroatoms. The highest BCUT2D eigenvalue weighted by atomic mass is 35.5. The van der Waals surface area contributed by atoms with Crippen molar-refractivity contribution >= 4 is 34.6 Å². The van der Waals surface area contributed by atoms with E-state index in [0.29, 0.717) is 5.02 Å². The molecule has 0 spiro atoms. The number of carbonyl (C=O) groups is 1. The van der Waals surface area contributed by atoms with Crippen LogP contribution in [0.5, 0.6) is 5.75 Å².